The summed E-state index contributed by atoms with van der Waals surface area (Å²) in [5.74, 6) is 0. The molecule has 0 spiro atoms. The summed E-state index contributed by atoms with van der Waals surface area (Å²) in [6.07, 6.45) is 4.97. The van der Waals surface area contributed by atoms with Crippen molar-refractivity contribution in [3.8, 4) is 33.4 Å². The maximum atomic E-state index is 2.56. The van der Waals surface area contributed by atoms with Gasteiger partial charge in [0.15, 0.2) is 0 Å². The summed E-state index contributed by atoms with van der Waals surface area (Å²) < 4.78 is 0. The van der Waals surface area contributed by atoms with E-state index in [4.69, 9.17) is 0 Å². The van der Waals surface area contributed by atoms with Gasteiger partial charge in [0.05, 0.1) is 11.1 Å². The van der Waals surface area contributed by atoms with Crippen LogP contribution in [0.2, 0.25) is 0 Å². The van der Waals surface area contributed by atoms with Crippen LogP contribution in [0.1, 0.15) is 82.3 Å². The van der Waals surface area contributed by atoms with Gasteiger partial charge in [-0.05, 0) is 165 Å². The predicted molar refractivity (Wildman–Crippen MR) is 248 cm³/mol. The highest BCUT2D eigenvalue weighted by molar-refractivity contribution is 5.92. The summed E-state index contributed by atoms with van der Waals surface area (Å²) in [5, 5.41) is 0. The summed E-state index contributed by atoms with van der Waals surface area (Å²) in [7, 11) is 0. The molecule has 0 saturated heterocycles. The van der Waals surface area contributed by atoms with Crippen molar-refractivity contribution in [1.29, 1.82) is 0 Å². The van der Waals surface area contributed by atoms with Gasteiger partial charge >= 0.3 is 0 Å². The molecule has 286 valence electrons. The average Bonchev–Trinajstić information content (AvgIpc) is 3.70. The van der Waals surface area contributed by atoms with E-state index in [0.717, 1.165) is 5.69 Å². The molecule has 1 nitrogen and oxygen atoms in total. The number of anilines is 3. The molecule has 0 atom stereocenters. The van der Waals surface area contributed by atoms with Crippen LogP contribution in [0.3, 0.4) is 0 Å². The zero-order valence-electron chi connectivity index (χ0n) is 34.5. The Morgan fingerprint density at radius 3 is 1.56 bits per heavy atom. The summed E-state index contributed by atoms with van der Waals surface area (Å²) in [5.41, 5.74) is 24.4. The summed E-state index contributed by atoms with van der Waals surface area (Å²) in [6.45, 7) is 9.39. The van der Waals surface area contributed by atoms with Gasteiger partial charge in [-0.1, -0.05) is 153 Å². The van der Waals surface area contributed by atoms with Crippen molar-refractivity contribution in [2.45, 2.75) is 64.2 Å². The fraction of sp³-hybridized carbons (Fsp3) is 0.172. The Labute approximate surface area is 349 Å². The largest absolute Gasteiger partial charge is 0.310 e. The lowest BCUT2D eigenvalue weighted by Gasteiger charge is -2.35. The first-order valence-corrected chi connectivity index (χ1v) is 21.5. The molecule has 0 amide bonds. The fourth-order valence-electron chi connectivity index (χ4n) is 11.2. The van der Waals surface area contributed by atoms with Gasteiger partial charge in [-0.2, -0.15) is 0 Å². The highest BCUT2D eigenvalue weighted by Gasteiger charge is 2.46. The maximum absolute atomic E-state index is 2.56. The molecule has 0 saturated carbocycles. The molecule has 0 unspecified atom stereocenters. The third-order valence-corrected chi connectivity index (χ3v) is 13.9. The first kappa shape index (κ1) is 35.7. The van der Waals surface area contributed by atoms with Gasteiger partial charge in [0, 0.05) is 16.8 Å². The number of hydrogen-bond donors (Lipinski definition) is 0. The molecule has 0 radical (unpaired) electrons. The van der Waals surface area contributed by atoms with E-state index in [1.54, 1.807) is 0 Å². The van der Waals surface area contributed by atoms with Crippen LogP contribution < -0.4 is 4.90 Å². The van der Waals surface area contributed by atoms with Crippen molar-refractivity contribution < 1.29 is 0 Å². The minimum absolute atomic E-state index is 0.122. The number of benzene rings is 8. The first-order chi connectivity index (χ1) is 28.8. The Morgan fingerprint density at radius 2 is 0.915 bits per heavy atom. The number of rotatable bonds is 6. The molecular weight excluding hydrogens is 711 g/mol. The van der Waals surface area contributed by atoms with E-state index in [1.807, 2.05) is 0 Å². The Kier molecular flexibility index (Phi) is 8.21. The van der Waals surface area contributed by atoms with Crippen LogP contribution in [-0.4, -0.2) is 0 Å². The van der Waals surface area contributed by atoms with Gasteiger partial charge in [0.1, 0.15) is 0 Å². The number of hydrogen-bond acceptors (Lipinski definition) is 1. The van der Waals surface area contributed by atoms with Gasteiger partial charge in [-0.3, -0.25) is 0 Å². The predicted octanol–water partition coefficient (Wildman–Crippen LogP) is 15.0. The molecule has 8 aromatic carbocycles. The van der Waals surface area contributed by atoms with Gasteiger partial charge in [0.25, 0.3) is 0 Å². The molecule has 8 aromatic rings. The van der Waals surface area contributed by atoms with E-state index in [1.165, 1.54) is 126 Å². The van der Waals surface area contributed by atoms with Gasteiger partial charge in [-0.25, -0.2) is 0 Å². The molecule has 3 aliphatic carbocycles. The van der Waals surface area contributed by atoms with Crippen LogP contribution in [0.25, 0.3) is 33.4 Å². The van der Waals surface area contributed by atoms with Crippen molar-refractivity contribution in [3.63, 3.8) is 0 Å². The molecule has 0 fully saturated rings. The number of nitrogens with zero attached hydrogens (tertiary/aromatic N) is 1. The zero-order valence-corrected chi connectivity index (χ0v) is 34.5. The quantitative estimate of drug-likeness (QED) is 0.163. The van der Waals surface area contributed by atoms with Crippen molar-refractivity contribution >= 4 is 17.1 Å². The molecule has 0 heterocycles. The van der Waals surface area contributed by atoms with Crippen LogP contribution in [-0.2, 0) is 23.7 Å². The van der Waals surface area contributed by atoms with Gasteiger partial charge < -0.3 is 4.90 Å². The number of aryl methyl sites for hydroxylation is 4. The minimum Gasteiger partial charge on any atom is -0.310 e. The first-order valence-electron chi connectivity index (χ1n) is 21.5. The molecule has 0 aromatic heterocycles. The molecule has 0 N–H and O–H groups in total. The smallest absolute Gasteiger partial charge is 0.0714 e. The fourth-order valence-corrected chi connectivity index (χ4v) is 11.2. The third kappa shape index (κ3) is 5.37. The Balaban J connectivity index is 1.15. The van der Waals surface area contributed by atoms with Crippen LogP contribution in [0.15, 0.2) is 176 Å². The van der Waals surface area contributed by atoms with E-state index in [9.17, 15) is 0 Å². The van der Waals surface area contributed by atoms with E-state index < -0.39 is 5.41 Å². The Bertz CT molecular complexity index is 2870. The second-order valence-corrected chi connectivity index (χ2v) is 17.6. The van der Waals surface area contributed by atoms with Crippen molar-refractivity contribution in [2.75, 3.05) is 4.90 Å². The maximum Gasteiger partial charge on any atom is 0.0714 e. The molecule has 3 aliphatic rings. The topological polar surface area (TPSA) is 3.24 Å². The normalized spacial score (nSPS) is 15.1. The summed E-state index contributed by atoms with van der Waals surface area (Å²) in [6, 6.07) is 66.9. The Morgan fingerprint density at radius 1 is 0.407 bits per heavy atom. The highest BCUT2D eigenvalue weighted by Crippen LogP contribution is 2.58. The summed E-state index contributed by atoms with van der Waals surface area (Å²) >= 11 is 0. The molecular formula is C58H49N. The lowest BCUT2D eigenvalue weighted by Crippen LogP contribution is -2.28. The third-order valence-electron chi connectivity index (χ3n) is 13.9. The molecule has 1 heteroatoms. The van der Waals surface area contributed by atoms with E-state index in [2.05, 4.69) is 209 Å². The summed E-state index contributed by atoms with van der Waals surface area (Å²) in [4.78, 5) is 2.56. The average molecular weight is 760 g/mol. The second-order valence-electron chi connectivity index (χ2n) is 17.6. The monoisotopic (exact) mass is 759 g/mol. The van der Waals surface area contributed by atoms with E-state index >= 15 is 0 Å². The van der Waals surface area contributed by atoms with Gasteiger partial charge in [-0.15, -0.1) is 0 Å². The molecule has 0 aliphatic heterocycles. The zero-order chi connectivity index (χ0) is 39.9. The van der Waals surface area contributed by atoms with Crippen LogP contribution in [0.4, 0.5) is 17.1 Å². The second kappa shape index (κ2) is 13.6. The van der Waals surface area contributed by atoms with Gasteiger partial charge in [0.2, 0.25) is 0 Å². The van der Waals surface area contributed by atoms with Crippen LogP contribution in [0, 0.1) is 13.8 Å². The SMILES string of the molecule is Cc1cc(-c2ccc3c(c2)CCCC3)cc(C)c1N(c1ccc2c(c1)C(C)(C)c1ccccc1-2)c1ccc2c(c1)C(c1ccccc1)(c1ccccc1)c1ccccc1-2. The standard InChI is InChI=1S/C58H49N/c1-38-33-43(42-28-27-40-17-11-12-18-41(40)35-42)34-39(2)56(38)59(46-29-31-50-48-23-13-15-25-52(48)57(3,4)54(50)36-46)47-30-32-51-49-24-14-16-26-53(49)58(55(51)37-47,44-19-7-5-8-20-44)45-21-9-6-10-22-45/h5-10,13-16,19-37H,11-12,17-18H2,1-4H3. The lowest BCUT2D eigenvalue weighted by molar-refractivity contribution is 0.660. The highest BCUT2D eigenvalue weighted by atomic mass is 15.1. The number of fused-ring (bicyclic) bond motifs is 7. The van der Waals surface area contributed by atoms with Crippen molar-refractivity contribution in [2.24, 2.45) is 0 Å². The van der Waals surface area contributed by atoms with Crippen LogP contribution >= 0.6 is 0 Å². The lowest BCUT2D eigenvalue weighted by atomic mass is 9.67. The Hall–Kier alpha value is -6.44. The van der Waals surface area contributed by atoms with Crippen LogP contribution in [0.5, 0.6) is 0 Å². The van der Waals surface area contributed by atoms with E-state index in [-0.39, 0.29) is 5.41 Å². The van der Waals surface area contributed by atoms with Crippen molar-refractivity contribution in [1.82, 2.24) is 0 Å². The van der Waals surface area contributed by atoms with Crippen molar-refractivity contribution in [3.05, 3.63) is 232 Å². The minimum atomic E-state index is -0.488. The molecule has 11 rings (SSSR count). The molecule has 0 bridgehead atoms. The molecule has 59 heavy (non-hydrogen) atoms. The van der Waals surface area contributed by atoms with E-state index in [0.29, 0.717) is 0 Å².